The predicted octanol–water partition coefficient (Wildman–Crippen LogP) is 2.72. The van der Waals surface area contributed by atoms with Gasteiger partial charge < -0.3 is 10.2 Å². The van der Waals surface area contributed by atoms with Crippen molar-refractivity contribution in [1.29, 1.82) is 0 Å². The highest BCUT2D eigenvalue weighted by Crippen LogP contribution is 2.31. The molecule has 1 aliphatic rings. The summed E-state index contributed by atoms with van der Waals surface area (Å²) in [4.78, 5) is 23.5. The molecule has 0 radical (unpaired) electrons. The minimum absolute atomic E-state index is 0.0947. The van der Waals surface area contributed by atoms with E-state index in [1.54, 1.807) is 18.2 Å². The summed E-state index contributed by atoms with van der Waals surface area (Å²) in [5, 5.41) is 13.7. The molecule has 0 aromatic heterocycles. The van der Waals surface area contributed by atoms with Crippen molar-refractivity contribution in [2.45, 2.75) is 11.8 Å². The molecule has 1 fully saturated rings. The number of non-ortho nitro benzene ring substituents is 1. The third-order valence-corrected chi connectivity index (χ3v) is 6.75. The number of sulfonamides is 1. The fourth-order valence-electron chi connectivity index (χ4n) is 3.10. The molecule has 1 N–H and O–H groups in total. The van der Waals surface area contributed by atoms with Crippen LogP contribution in [-0.2, 0) is 14.8 Å². The quantitative estimate of drug-likeness (QED) is 0.567. The van der Waals surface area contributed by atoms with E-state index >= 15 is 0 Å². The largest absolute Gasteiger partial charge is 0.368 e. The SMILES string of the molecule is CC(=O)Nc1ccc(S(=O)(=O)N2CCN(c3ccc([N+](=O)[O-])cc3Cl)CC2)cc1. The Morgan fingerprint density at radius 3 is 2.24 bits per heavy atom. The Kier molecular flexibility index (Phi) is 6.06. The minimum Gasteiger partial charge on any atom is -0.368 e. The second kappa shape index (κ2) is 8.36. The summed E-state index contributed by atoms with van der Waals surface area (Å²) in [6.07, 6.45) is 0. The lowest BCUT2D eigenvalue weighted by Gasteiger charge is -2.35. The first-order valence-electron chi connectivity index (χ1n) is 8.75. The lowest BCUT2D eigenvalue weighted by atomic mass is 10.2. The summed E-state index contributed by atoms with van der Waals surface area (Å²) >= 11 is 6.17. The van der Waals surface area contributed by atoms with Crippen LogP contribution in [0, 0.1) is 10.1 Å². The molecule has 0 unspecified atom stereocenters. The maximum absolute atomic E-state index is 12.9. The molecule has 1 amide bonds. The normalized spacial score (nSPS) is 15.2. The number of carbonyl (C=O) groups is 1. The van der Waals surface area contributed by atoms with Crippen molar-refractivity contribution in [3.8, 4) is 0 Å². The van der Waals surface area contributed by atoms with Crippen molar-refractivity contribution in [1.82, 2.24) is 4.31 Å². The standard InChI is InChI=1S/C18H19ClN4O5S/c1-13(24)20-14-2-5-16(6-3-14)29(27,28)22-10-8-21(9-11-22)18-7-4-15(23(25)26)12-17(18)19/h2-7,12H,8-11H2,1H3,(H,20,24). The average molecular weight is 439 g/mol. The van der Waals surface area contributed by atoms with Gasteiger partial charge in [-0.3, -0.25) is 14.9 Å². The van der Waals surface area contributed by atoms with Gasteiger partial charge in [0.2, 0.25) is 15.9 Å². The van der Waals surface area contributed by atoms with Gasteiger partial charge in [-0.2, -0.15) is 4.31 Å². The molecule has 2 aromatic rings. The van der Waals surface area contributed by atoms with Crippen molar-refractivity contribution in [3.05, 3.63) is 57.6 Å². The van der Waals surface area contributed by atoms with Crippen LogP contribution in [0.15, 0.2) is 47.4 Å². The van der Waals surface area contributed by atoms with Crippen molar-refractivity contribution in [2.24, 2.45) is 0 Å². The highest BCUT2D eigenvalue weighted by molar-refractivity contribution is 7.89. The van der Waals surface area contributed by atoms with E-state index in [0.29, 0.717) is 24.5 Å². The molecule has 1 aliphatic heterocycles. The van der Waals surface area contributed by atoms with Gasteiger partial charge in [0.25, 0.3) is 5.69 Å². The van der Waals surface area contributed by atoms with Gasteiger partial charge in [0.15, 0.2) is 0 Å². The van der Waals surface area contributed by atoms with Crippen LogP contribution in [0.2, 0.25) is 5.02 Å². The molecule has 1 saturated heterocycles. The van der Waals surface area contributed by atoms with Crippen molar-refractivity contribution < 1.29 is 18.1 Å². The first kappa shape index (κ1) is 21.0. The smallest absolute Gasteiger partial charge is 0.271 e. The molecule has 0 spiro atoms. The lowest BCUT2D eigenvalue weighted by molar-refractivity contribution is -0.384. The van der Waals surface area contributed by atoms with Crippen molar-refractivity contribution >= 4 is 44.6 Å². The fourth-order valence-corrected chi connectivity index (χ4v) is 4.81. The zero-order chi connectivity index (χ0) is 21.2. The minimum atomic E-state index is -3.67. The van der Waals surface area contributed by atoms with Gasteiger partial charge in [-0.1, -0.05) is 11.6 Å². The molecule has 29 heavy (non-hydrogen) atoms. The summed E-state index contributed by atoms with van der Waals surface area (Å²) < 4.78 is 27.1. The Balaban J connectivity index is 1.69. The number of piperazine rings is 1. The molecule has 11 heteroatoms. The summed E-state index contributed by atoms with van der Waals surface area (Å²) in [6.45, 7) is 2.69. The van der Waals surface area contributed by atoms with Crippen LogP contribution in [0.25, 0.3) is 0 Å². The summed E-state index contributed by atoms with van der Waals surface area (Å²) in [5.41, 5.74) is 1.06. The highest BCUT2D eigenvalue weighted by Gasteiger charge is 2.29. The summed E-state index contributed by atoms with van der Waals surface area (Å²) in [6, 6.07) is 10.2. The Bertz CT molecular complexity index is 1030. The maximum atomic E-state index is 12.9. The zero-order valence-electron chi connectivity index (χ0n) is 15.5. The Labute approximate surface area is 173 Å². The molecule has 3 rings (SSSR count). The number of nitro groups is 1. The molecular formula is C18H19ClN4O5S. The second-order valence-corrected chi connectivity index (χ2v) is 8.83. The predicted molar refractivity (Wildman–Crippen MR) is 110 cm³/mol. The number of carbonyl (C=O) groups excluding carboxylic acids is 1. The Morgan fingerprint density at radius 2 is 1.72 bits per heavy atom. The van der Waals surface area contributed by atoms with Crippen molar-refractivity contribution in [3.63, 3.8) is 0 Å². The lowest BCUT2D eigenvalue weighted by Crippen LogP contribution is -2.48. The van der Waals surface area contributed by atoms with E-state index in [0.717, 1.165) is 0 Å². The van der Waals surface area contributed by atoms with Gasteiger partial charge in [-0.25, -0.2) is 8.42 Å². The monoisotopic (exact) mass is 438 g/mol. The van der Waals surface area contributed by atoms with E-state index < -0.39 is 14.9 Å². The van der Waals surface area contributed by atoms with E-state index in [1.165, 1.54) is 35.5 Å². The molecule has 1 heterocycles. The van der Waals surface area contributed by atoms with Crippen molar-refractivity contribution in [2.75, 3.05) is 36.4 Å². The van der Waals surface area contributed by atoms with Gasteiger partial charge in [0.05, 0.1) is 20.5 Å². The number of nitrogens with zero attached hydrogens (tertiary/aromatic N) is 3. The van der Waals surface area contributed by atoms with E-state index in [-0.39, 0.29) is 34.6 Å². The van der Waals surface area contributed by atoms with Gasteiger partial charge >= 0.3 is 0 Å². The molecule has 154 valence electrons. The molecule has 0 atom stereocenters. The van der Waals surface area contributed by atoms with Crippen LogP contribution < -0.4 is 10.2 Å². The molecule has 0 saturated carbocycles. The average Bonchev–Trinajstić information content (AvgIpc) is 2.68. The van der Waals surface area contributed by atoms with Crippen LogP contribution in [-0.4, -0.2) is 49.7 Å². The number of hydrogen-bond acceptors (Lipinski definition) is 6. The number of halogens is 1. The third kappa shape index (κ3) is 4.66. The first-order valence-corrected chi connectivity index (χ1v) is 10.6. The molecule has 0 bridgehead atoms. The van der Waals surface area contributed by atoms with Gasteiger partial charge in [0.1, 0.15) is 0 Å². The Hall–Kier alpha value is -2.69. The van der Waals surface area contributed by atoms with E-state index in [9.17, 15) is 23.3 Å². The van der Waals surface area contributed by atoms with Crippen LogP contribution >= 0.6 is 11.6 Å². The number of anilines is 2. The van der Waals surface area contributed by atoms with Gasteiger partial charge in [-0.05, 0) is 30.3 Å². The topological polar surface area (TPSA) is 113 Å². The van der Waals surface area contributed by atoms with Gasteiger partial charge in [0, 0.05) is 50.9 Å². The van der Waals surface area contributed by atoms with Crippen LogP contribution in [0.3, 0.4) is 0 Å². The number of nitrogens with one attached hydrogen (secondary N) is 1. The van der Waals surface area contributed by atoms with E-state index in [1.807, 2.05) is 4.90 Å². The fraction of sp³-hybridized carbons (Fsp3) is 0.278. The molecule has 9 nitrogen and oxygen atoms in total. The Morgan fingerprint density at radius 1 is 1.10 bits per heavy atom. The maximum Gasteiger partial charge on any atom is 0.271 e. The number of benzene rings is 2. The first-order chi connectivity index (χ1) is 13.7. The van der Waals surface area contributed by atoms with Gasteiger partial charge in [-0.15, -0.1) is 0 Å². The summed E-state index contributed by atoms with van der Waals surface area (Å²) in [7, 11) is -3.67. The molecule has 0 aliphatic carbocycles. The number of nitro benzene ring substituents is 1. The van der Waals surface area contributed by atoms with Crippen LogP contribution in [0.5, 0.6) is 0 Å². The summed E-state index contributed by atoms with van der Waals surface area (Å²) in [5.74, 6) is -0.235. The van der Waals surface area contributed by atoms with E-state index in [4.69, 9.17) is 11.6 Å². The molecular weight excluding hydrogens is 420 g/mol. The highest BCUT2D eigenvalue weighted by atomic mass is 35.5. The second-order valence-electron chi connectivity index (χ2n) is 6.49. The van der Waals surface area contributed by atoms with Crippen LogP contribution in [0.1, 0.15) is 6.92 Å². The van der Waals surface area contributed by atoms with Crippen LogP contribution in [0.4, 0.5) is 17.1 Å². The number of rotatable bonds is 5. The number of hydrogen-bond donors (Lipinski definition) is 1. The van der Waals surface area contributed by atoms with E-state index in [2.05, 4.69) is 5.32 Å². The molecule has 2 aromatic carbocycles. The third-order valence-electron chi connectivity index (χ3n) is 4.53. The zero-order valence-corrected chi connectivity index (χ0v) is 17.1. The number of amides is 1.